The molecule has 1 fully saturated rings. The molecule has 5 nitrogen and oxygen atoms in total. The Morgan fingerprint density at radius 3 is 3.00 bits per heavy atom. The fourth-order valence-electron chi connectivity index (χ4n) is 2.10. The number of aromatic nitrogens is 1. The average molecular weight is 348 g/mol. The van der Waals surface area contributed by atoms with Gasteiger partial charge >= 0.3 is 0 Å². The second kappa shape index (κ2) is 6.07. The Bertz CT molecular complexity index is 483. The van der Waals surface area contributed by atoms with Crippen LogP contribution < -0.4 is 10.2 Å². The van der Waals surface area contributed by atoms with Gasteiger partial charge in [-0.3, -0.25) is 4.79 Å². The van der Waals surface area contributed by atoms with Crippen LogP contribution in [0.3, 0.4) is 0 Å². The quantitative estimate of drug-likeness (QED) is 0.878. The van der Waals surface area contributed by atoms with E-state index in [0.717, 1.165) is 11.0 Å². The van der Waals surface area contributed by atoms with Crippen LogP contribution in [0.25, 0.3) is 0 Å². The van der Waals surface area contributed by atoms with Gasteiger partial charge in [0, 0.05) is 44.4 Å². The largest absolute Gasteiger partial charge is 0.347 e. The van der Waals surface area contributed by atoms with Crippen molar-refractivity contribution in [2.75, 3.05) is 38.6 Å². The lowest BCUT2D eigenvalue weighted by molar-refractivity contribution is -0.130. The zero-order valence-electron chi connectivity index (χ0n) is 10.9. The Morgan fingerprint density at radius 1 is 1.63 bits per heavy atom. The molecular formula is C12H16BrClN4O. The van der Waals surface area contributed by atoms with E-state index < -0.39 is 0 Å². The third-order valence-corrected chi connectivity index (χ3v) is 3.74. The maximum atomic E-state index is 12.2. The molecule has 0 saturated carbocycles. The molecule has 0 aromatic carbocycles. The summed E-state index contributed by atoms with van der Waals surface area (Å²) in [5, 5.41) is 3.78. The van der Waals surface area contributed by atoms with Crippen LogP contribution in [-0.2, 0) is 4.79 Å². The summed E-state index contributed by atoms with van der Waals surface area (Å²) >= 11 is 9.57. The zero-order valence-corrected chi connectivity index (χ0v) is 13.2. The van der Waals surface area contributed by atoms with Gasteiger partial charge in [0.25, 0.3) is 0 Å². The highest BCUT2D eigenvalue weighted by atomic mass is 79.9. The Morgan fingerprint density at radius 2 is 2.37 bits per heavy atom. The number of halogens is 2. The van der Waals surface area contributed by atoms with Crippen LogP contribution >= 0.6 is 27.5 Å². The molecule has 0 bridgehead atoms. The smallest absolute Gasteiger partial charge is 0.246 e. The van der Waals surface area contributed by atoms with Gasteiger partial charge in [-0.2, -0.15) is 0 Å². The van der Waals surface area contributed by atoms with Gasteiger partial charge in [-0.1, -0.05) is 11.6 Å². The van der Waals surface area contributed by atoms with Gasteiger partial charge in [0.1, 0.15) is 11.9 Å². The summed E-state index contributed by atoms with van der Waals surface area (Å²) in [6.45, 7) is 2.12. The van der Waals surface area contributed by atoms with E-state index in [9.17, 15) is 4.79 Å². The minimum atomic E-state index is -0.269. The number of piperazine rings is 1. The number of carbonyl (C=O) groups is 1. The highest BCUT2D eigenvalue weighted by Crippen LogP contribution is 2.28. The van der Waals surface area contributed by atoms with E-state index in [1.54, 1.807) is 31.3 Å². The molecule has 2 heterocycles. The SMILES string of the molecule is CN(C)C(=O)C1CNCCN1c1ncc(Br)cc1Cl. The molecule has 1 unspecified atom stereocenters. The first-order valence-electron chi connectivity index (χ1n) is 6.00. The predicted octanol–water partition coefficient (Wildman–Crippen LogP) is 1.36. The van der Waals surface area contributed by atoms with Gasteiger partial charge in [0.05, 0.1) is 5.02 Å². The van der Waals surface area contributed by atoms with Crippen molar-refractivity contribution in [1.82, 2.24) is 15.2 Å². The number of rotatable bonds is 2. The lowest BCUT2D eigenvalue weighted by atomic mass is 10.1. The summed E-state index contributed by atoms with van der Waals surface area (Å²) in [5.74, 6) is 0.708. The molecule has 0 radical (unpaired) electrons. The van der Waals surface area contributed by atoms with Gasteiger partial charge in [-0.25, -0.2) is 4.98 Å². The second-order valence-corrected chi connectivity index (χ2v) is 5.93. The van der Waals surface area contributed by atoms with Crippen LogP contribution in [0.1, 0.15) is 0 Å². The van der Waals surface area contributed by atoms with Crippen LogP contribution in [-0.4, -0.2) is 55.6 Å². The van der Waals surface area contributed by atoms with E-state index in [1.165, 1.54) is 0 Å². The molecule has 104 valence electrons. The van der Waals surface area contributed by atoms with Crippen molar-refractivity contribution in [2.45, 2.75) is 6.04 Å². The summed E-state index contributed by atoms with van der Waals surface area (Å²) in [6.07, 6.45) is 1.69. The number of likely N-dealkylation sites (N-methyl/N-ethyl adjacent to an activating group) is 1. The molecule has 7 heteroatoms. The summed E-state index contributed by atoms with van der Waals surface area (Å²) in [4.78, 5) is 20.1. The number of carbonyl (C=O) groups excluding carboxylic acids is 1. The fourth-order valence-corrected chi connectivity index (χ4v) is 2.83. The van der Waals surface area contributed by atoms with E-state index in [4.69, 9.17) is 11.6 Å². The molecule has 1 aromatic rings. The molecule has 2 rings (SSSR count). The standard InChI is InChI=1S/C12H16BrClN4O/c1-17(2)12(19)10-7-15-3-4-18(10)11-9(14)5-8(13)6-16-11/h5-6,10,15H,3-4,7H2,1-2H3. The second-order valence-electron chi connectivity index (χ2n) is 4.60. The number of hydrogen-bond acceptors (Lipinski definition) is 4. The van der Waals surface area contributed by atoms with E-state index in [-0.39, 0.29) is 11.9 Å². The van der Waals surface area contributed by atoms with Crippen LogP contribution in [0.4, 0.5) is 5.82 Å². The molecule has 1 amide bonds. The molecule has 1 saturated heterocycles. The highest BCUT2D eigenvalue weighted by Gasteiger charge is 2.31. The lowest BCUT2D eigenvalue weighted by Gasteiger charge is -2.37. The van der Waals surface area contributed by atoms with Crippen molar-refractivity contribution < 1.29 is 4.79 Å². The third kappa shape index (κ3) is 3.19. The third-order valence-electron chi connectivity index (χ3n) is 3.03. The molecule has 0 spiro atoms. The van der Waals surface area contributed by atoms with Gasteiger partial charge < -0.3 is 15.1 Å². The number of pyridine rings is 1. The van der Waals surface area contributed by atoms with E-state index >= 15 is 0 Å². The summed E-state index contributed by atoms with van der Waals surface area (Å²) in [5.41, 5.74) is 0. The molecule has 19 heavy (non-hydrogen) atoms. The van der Waals surface area contributed by atoms with E-state index in [0.29, 0.717) is 23.9 Å². The first-order chi connectivity index (χ1) is 9.00. The predicted molar refractivity (Wildman–Crippen MR) is 79.6 cm³/mol. The molecule has 1 aliphatic heterocycles. The van der Waals surface area contributed by atoms with E-state index in [2.05, 4.69) is 26.2 Å². The number of amides is 1. The van der Waals surface area contributed by atoms with Crippen molar-refractivity contribution in [1.29, 1.82) is 0 Å². The van der Waals surface area contributed by atoms with Crippen LogP contribution in [0.15, 0.2) is 16.7 Å². The van der Waals surface area contributed by atoms with Gasteiger partial charge in [0.2, 0.25) is 5.91 Å². The number of hydrogen-bond donors (Lipinski definition) is 1. The molecule has 1 atom stereocenters. The Balaban J connectivity index is 2.31. The monoisotopic (exact) mass is 346 g/mol. The van der Waals surface area contributed by atoms with Crippen molar-refractivity contribution in [3.63, 3.8) is 0 Å². The van der Waals surface area contributed by atoms with E-state index in [1.807, 2.05) is 4.90 Å². The van der Waals surface area contributed by atoms with Crippen LogP contribution in [0.2, 0.25) is 5.02 Å². The average Bonchev–Trinajstić information content (AvgIpc) is 2.38. The Hall–Kier alpha value is -0.850. The molecule has 0 aliphatic carbocycles. The Kier molecular flexibility index (Phi) is 4.65. The topological polar surface area (TPSA) is 48.5 Å². The molecule has 1 N–H and O–H groups in total. The van der Waals surface area contributed by atoms with Crippen LogP contribution in [0.5, 0.6) is 0 Å². The lowest BCUT2D eigenvalue weighted by Crippen LogP contribution is -2.58. The zero-order chi connectivity index (χ0) is 14.0. The van der Waals surface area contributed by atoms with Gasteiger partial charge in [-0.15, -0.1) is 0 Å². The van der Waals surface area contributed by atoms with Gasteiger partial charge in [-0.05, 0) is 22.0 Å². The minimum absolute atomic E-state index is 0.0491. The summed E-state index contributed by atoms with van der Waals surface area (Å²) in [6, 6.07) is 1.53. The normalized spacial score (nSPS) is 19.4. The first-order valence-corrected chi connectivity index (χ1v) is 7.17. The first kappa shape index (κ1) is 14.6. The Labute approximate surface area is 126 Å². The summed E-state index contributed by atoms with van der Waals surface area (Å²) < 4.78 is 0.826. The van der Waals surface area contributed by atoms with Crippen LogP contribution in [0, 0.1) is 0 Å². The van der Waals surface area contributed by atoms with Crippen molar-refractivity contribution >= 4 is 39.3 Å². The maximum Gasteiger partial charge on any atom is 0.246 e. The molecule has 1 aliphatic rings. The van der Waals surface area contributed by atoms with Gasteiger partial charge in [0.15, 0.2) is 0 Å². The number of nitrogens with zero attached hydrogens (tertiary/aromatic N) is 3. The van der Waals surface area contributed by atoms with Crippen molar-refractivity contribution in [2.24, 2.45) is 0 Å². The van der Waals surface area contributed by atoms with Crippen molar-refractivity contribution in [3.8, 4) is 0 Å². The maximum absolute atomic E-state index is 12.2. The number of nitrogens with one attached hydrogen (secondary N) is 1. The molecular weight excluding hydrogens is 332 g/mol. The van der Waals surface area contributed by atoms with Crippen molar-refractivity contribution in [3.05, 3.63) is 21.8 Å². The number of anilines is 1. The highest BCUT2D eigenvalue weighted by molar-refractivity contribution is 9.10. The summed E-state index contributed by atoms with van der Waals surface area (Å²) in [7, 11) is 3.51. The minimum Gasteiger partial charge on any atom is -0.347 e. The molecule has 1 aromatic heterocycles. The fraction of sp³-hybridized carbons (Fsp3) is 0.500.